The summed E-state index contributed by atoms with van der Waals surface area (Å²) in [6.07, 6.45) is -2.07. The van der Waals surface area contributed by atoms with Gasteiger partial charge in [0.05, 0.1) is 34.0 Å². The third-order valence-corrected chi connectivity index (χ3v) is 6.43. The third-order valence-electron chi connectivity index (χ3n) is 6.43. The molecule has 2 amide bonds. The first-order valence-corrected chi connectivity index (χ1v) is 14.7. The fourth-order valence-electron chi connectivity index (χ4n) is 4.40. The van der Waals surface area contributed by atoms with Crippen LogP contribution in [0, 0.1) is 11.8 Å². The number of likely N-dealkylation sites (tertiary alicyclic amines) is 2. The van der Waals surface area contributed by atoms with E-state index in [4.69, 9.17) is 18.9 Å². The van der Waals surface area contributed by atoms with Gasteiger partial charge in [0.25, 0.3) is 0 Å². The lowest BCUT2D eigenvalue weighted by Crippen LogP contribution is -2.56. The second-order valence-corrected chi connectivity index (χ2v) is 12.3. The van der Waals surface area contributed by atoms with Crippen molar-refractivity contribution in [1.29, 1.82) is 0 Å². The summed E-state index contributed by atoms with van der Waals surface area (Å²) in [5, 5.41) is 0. The van der Waals surface area contributed by atoms with Gasteiger partial charge in [-0.1, -0.05) is 0 Å². The van der Waals surface area contributed by atoms with Crippen LogP contribution in [0.15, 0.2) is 0 Å². The zero-order valence-electron chi connectivity index (χ0n) is 28.2. The average Bonchev–Trinajstić information content (AvgIpc) is 2.94. The molecule has 0 spiro atoms. The highest BCUT2D eigenvalue weighted by atomic mass is 16.6. The van der Waals surface area contributed by atoms with E-state index in [2.05, 4.69) is 9.47 Å². The predicted molar refractivity (Wildman–Crippen MR) is 157 cm³/mol. The Hall–Kier alpha value is -4.24. The minimum absolute atomic E-state index is 0.121. The Kier molecular flexibility index (Phi) is 14.6. The number of methoxy groups -OCH3 is 2. The maximum absolute atomic E-state index is 12.3. The van der Waals surface area contributed by atoms with Crippen molar-refractivity contribution in [2.45, 2.75) is 91.5 Å². The molecule has 2 heterocycles. The lowest BCUT2D eigenvalue weighted by Gasteiger charge is -2.37. The molecule has 46 heavy (non-hydrogen) atoms. The van der Waals surface area contributed by atoms with Crippen LogP contribution < -0.4 is 0 Å². The van der Waals surface area contributed by atoms with Crippen molar-refractivity contribution in [2.24, 2.45) is 11.8 Å². The number of rotatable bonds is 6. The van der Waals surface area contributed by atoms with Crippen LogP contribution in [0.4, 0.5) is 9.59 Å². The number of piperidine rings is 2. The SMILES string of the molecule is CCOC(=O)C1CC(C(=O)OC)N(C(=O)OC(C)(C)C)CC1=O.CCOC(=O)C1CN(C(=O)OC(C)(C)C)C(C(=O)OC)CC1=O. The molecule has 16 heteroatoms. The average molecular weight is 659 g/mol. The topological polar surface area (TPSA) is 198 Å². The van der Waals surface area contributed by atoms with Gasteiger partial charge in [-0.05, 0) is 61.8 Å². The molecule has 0 saturated carbocycles. The molecule has 2 aliphatic rings. The molecule has 0 aromatic carbocycles. The molecule has 0 aliphatic carbocycles. The Morgan fingerprint density at radius 2 is 1.09 bits per heavy atom. The molecule has 0 bridgehead atoms. The molecule has 260 valence electrons. The van der Waals surface area contributed by atoms with E-state index in [1.54, 1.807) is 55.4 Å². The number of Topliss-reactive ketones (excluding diaryl/α,β-unsaturated/α-hetero) is 2. The molecule has 0 aromatic rings. The van der Waals surface area contributed by atoms with E-state index in [9.17, 15) is 38.4 Å². The summed E-state index contributed by atoms with van der Waals surface area (Å²) in [5.74, 6) is -6.01. The van der Waals surface area contributed by atoms with Crippen LogP contribution in [0.2, 0.25) is 0 Å². The van der Waals surface area contributed by atoms with Gasteiger partial charge in [-0.25, -0.2) is 19.2 Å². The van der Waals surface area contributed by atoms with E-state index in [0.717, 1.165) is 16.9 Å². The fraction of sp³-hybridized carbons (Fsp3) is 0.733. The van der Waals surface area contributed by atoms with Gasteiger partial charge in [-0.15, -0.1) is 0 Å². The minimum Gasteiger partial charge on any atom is -0.467 e. The van der Waals surface area contributed by atoms with Gasteiger partial charge in [-0.3, -0.25) is 29.0 Å². The number of hydrogen-bond acceptors (Lipinski definition) is 14. The summed E-state index contributed by atoms with van der Waals surface area (Å²) in [4.78, 5) is 98.3. The molecule has 2 rings (SSSR count). The quantitative estimate of drug-likeness (QED) is 0.227. The first-order valence-electron chi connectivity index (χ1n) is 14.7. The van der Waals surface area contributed by atoms with Gasteiger partial charge < -0.3 is 28.4 Å². The minimum atomic E-state index is -1.12. The Morgan fingerprint density at radius 3 is 1.52 bits per heavy atom. The van der Waals surface area contributed by atoms with Gasteiger partial charge in [0.2, 0.25) is 0 Å². The van der Waals surface area contributed by atoms with Gasteiger partial charge >= 0.3 is 36.1 Å². The Labute approximate surface area is 268 Å². The number of hydrogen-bond donors (Lipinski definition) is 0. The van der Waals surface area contributed by atoms with Crippen LogP contribution in [0.1, 0.15) is 68.2 Å². The number of ether oxygens (including phenoxy) is 6. The largest absolute Gasteiger partial charge is 0.467 e. The lowest BCUT2D eigenvalue weighted by atomic mass is 9.90. The highest BCUT2D eigenvalue weighted by Crippen LogP contribution is 2.26. The molecule has 2 aliphatic heterocycles. The maximum Gasteiger partial charge on any atom is 0.411 e. The second kappa shape index (κ2) is 16.9. The number of amides is 2. The molecule has 2 saturated heterocycles. The summed E-state index contributed by atoms with van der Waals surface area (Å²) < 4.78 is 29.4. The molecular formula is C30H46N2O14. The number of carbonyl (C=O) groups excluding carboxylic acids is 8. The molecule has 0 N–H and O–H groups in total. The Balaban J connectivity index is 0.000000460. The van der Waals surface area contributed by atoms with E-state index in [0.29, 0.717) is 0 Å². The number of nitrogens with zero attached hydrogens (tertiary/aromatic N) is 2. The number of carbonyl (C=O) groups is 8. The summed E-state index contributed by atoms with van der Waals surface area (Å²) in [6.45, 7) is 12.9. The van der Waals surface area contributed by atoms with Crippen molar-refractivity contribution >= 4 is 47.6 Å². The molecule has 16 nitrogen and oxygen atoms in total. The second-order valence-electron chi connectivity index (χ2n) is 12.3. The van der Waals surface area contributed by atoms with Crippen molar-refractivity contribution < 1.29 is 66.8 Å². The van der Waals surface area contributed by atoms with E-state index in [-0.39, 0.29) is 32.6 Å². The monoisotopic (exact) mass is 658 g/mol. The van der Waals surface area contributed by atoms with Crippen LogP contribution in [-0.2, 0) is 57.2 Å². The molecular weight excluding hydrogens is 612 g/mol. The van der Waals surface area contributed by atoms with Gasteiger partial charge in [0, 0.05) is 13.0 Å². The summed E-state index contributed by atoms with van der Waals surface area (Å²) in [7, 11) is 2.34. The van der Waals surface area contributed by atoms with E-state index < -0.39 is 89.3 Å². The summed E-state index contributed by atoms with van der Waals surface area (Å²) >= 11 is 0. The van der Waals surface area contributed by atoms with Gasteiger partial charge in [0.15, 0.2) is 11.6 Å². The molecule has 4 unspecified atom stereocenters. The predicted octanol–water partition coefficient (Wildman–Crippen LogP) is 1.83. The zero-order valence-corrected chi connectivity index (χ0v) is 28.2. The summed E-state index contributed by atoms with van der Waals surface area (Å²) in [5.41, 5.74) is -1.56. The van der Waals surface area contributed by atoms with Gasteiger partial charge in [-0.2, -0.15) is 0 Å². The van der Waals surface area contributed by atoms with Crippen LogP contribution in [0.3, 0.4) is 0 Å². The van der Waals surface area contributed by atoms with Crippen molar-refractivity contribution in [3.8, 4) is 0 Å². The first-order chi connectivity index (χ1) is 21.2. The first kappa shape index (κ1) is 39.8. The standard InChI is InChI=1S/2C15H23NO7/c1-6-22-12(18)9-8-16(14(20)23-15(2,3)4)10(7-11(9)17)13(19)21-5;1-6-22-12(18)9-7-10(13(19)21-5)16(8-11(9)17)14(20)23-15(2,3)4/h2*9-10H,6-8H2,1-5H3. The van der Waals surface area contributed by atoms with Crippen molar-refractivity contribution in [1.82, 2.24) is 9.80 Å². The van der Waals surface area contributed by atoms with Crippen LogP contribution >= 0.6 is 0 Å². The third kappa shape index (κ3) is 11.6. The van der Waals surface area contributed by atoms with Crippen molar-refractivity contribution in [3.63, 3.8) is 0 Å². The zero-order chi connectivity index (χ0) is 35.6. The van der Waals surface area contributed by atoms with Crippen molar-refractivity contribution in [3.05, 3.63) is 0 Å². The van der Waals surface area contributed by atoms with E-state index in [1.807, 2.05) is 0 Å². The number of ketones is 2. The van der Waals surface area contributed by atoms with E-state index in [1.165, 1.54) is 7.11 Å². The highest BCUT2D eigenvalue weighted by molar-refractivity contribution is 6.04. The molecule has 4 atom stereocenters. The fourth-order valence-corrected chi connectivity index (χ4v) is 4.40. The van der Waals surface area contributed by atoms with Crippen LogP contribution in [-0.4, -0.2) is 121 Å². The van der Waals surface area contributed by atoms with Crippen molar-refractivity contribution in [2.75, 3.05) is 40.5 Å². The van der Waals surface area contributed by atoms with E-state index >= 15 is 0 Å². The summed E-state index contributed by atoms with van der Waals surface area (Å²) in [6, 6.07) is -2.17. The normalized spacial score (nSPS) is 21.6. The molecule has 0 aromatic heterocycles. The lowest BCUT2D eigenvalue weighted by molar-refractivity contribution is -0.160. The maximum atomic E-state index is 12.3. The van der Waals surface area contributed by atoms with Crippen LogP contribution in [0.25, 0.3) is 0 Å². The Bertz CT molecular complexity index is 1170. The Morgan fingerprint density at radius 1 is 0.652 bits per heavy atom. The molecule has 0 radical (unpaired) electrons. The smallest absolute Gasteiger partial charge is 0.411 e. The highest BCUT2D eigenvalue weighted by Gasteiger charge is 2.47. The van der Waals surface area contributed by atoms with Crippen LogP contribution in [0.5, 0.6) is 0 Å². The number of esters is 4. The molecule has 2 fully saturated rings. The van der Waals surface area contributed by atoms with Gasteiger partial charge in [0.1, 0.15) is 35.1 Å².